The molecule has 34 heavy (non-hydrogen) atoms. The molecule has 0 bridgehead atoms. The van der Waals surface area contributed by atoms with Crippen molar-refractivity contribution < 1.29 is 22.7 Å². The maximum atomic E-state index is 13.0. The summed E-state index contributed by atoms with van der Waals surface area (Å²) in [7, 11) is -4.07. The number of sulfonamides is 1. The second-order valence-corrected chi connectivity index (χ2v) is 9.90. The number of hydrogen-bond donors (Lipinski definition) is 2. The van der Waals surface area contributed by atoms with Gasteiger partial charge in [-0.05, 0) is 74.4 Å². The molecule has 3 aromatic rings. The highest BCUT2D eigenvalue weighted by Crippen LogP contribution is 2.28. The topological polar surface area (TPSA) is 102 Å². The summed E-state index contributed by atoms with van der Waals surface area (Å²) in [6, 6.07) is 13.7. The number of aryl methyl sites for hydroxylation is 2. The maximum absolute atomic E-state index is 13.0. The molecule has 3 rings (SSSR count). The van der Waals surface area contributed by atoms with Gasteiger partial charge in [-0.3, -0.25) is 9.52 Å². The summed E-state index contributed by atoms with van der Waals surface area (Å²) in [5, 5.41) is 2.70. The first-order valence-electron chi connectivity index (χ1n) is 10.2. The minimum atomic E-state index is -4.07. The van der Waals surface area contributed by atoms with Gasteiger partial charge in [0.15, 0.2) is 0 Å². The number of rotatable bonds is 7. The number of hydrogen-bond acceptors (Lipinski definition) is 5. The van der Waals surface area contributed by atoms with Gasteiger partial charge in [0.25, 0.3) is 15.9 Å². The standard InChI is InChI=1S/C24H22Cl2N2O5S/c1-4-33-24(30)18-9-8-17(13-20(18)26)27-23(29)16-7-10-19(25)22(12-16)34(31,32)28-21-11-14(2)5-6-15(21)3/h5-13,28H,4H2,1-3H3,(H,27,29). The maximum Gasteiger partial charge on any atom is 0.339 e. The summed E-state index contributed by atoms with van der Waals surface area (Å²) >= 11 is 12.3. The minimum Gasteiger partial charge on any atom is -0.462 e. The quantitative estimate of drug-likeness (QED) is 0.381. The molecule has 0 saturated carbocycles. The van der Waals surface area contributed by atoms with Crippen LogP contribution in [0.25, 0.3) is 0 Å². The predicted molar refractivity (Wildman–Crippen MR) is 134 cm³/mol. The Balaban J connectivity index is 1.85. The van der Waals surface area contributed by atoms with Crippen molar-refractivity contribution >= 4 is 56.5 Å². The number of nitrogens with one attached hydrogen (secondary N) is 2. The molecule has 0 aromatic heterocycles. The normalized spacial score (nSPS) is 11.1. The van der Waals surface area contributed by atoms with E-state index in [-0.39, 0.29) is 32.7 Å². The predicted octanol–water partition coefficient (Wildman–Crippen LogP) is 5.84. The Morgan fingerprint density at radius 2 is 1.68 bits per heavy atom. The van der Waals surface area contributed by atoms with Crippen molar-refractivity contribution in [2.24, 2.45) is 0 Å². The van der Waals surface area contributed by atoms with Crippen LogP contribution in [0.3, 0.4) is 0 Å². The van der Waals surface area contributed by atoms with Crippen LogP contribution in [0.2, 0.25) is 10.0 Å². The summed E-state index contributed by atoms with van der Waals surface area (Å²) in [6.45, 7) is 5.51. The van der Waals surface area contributed by atoms with Gasteiger partial charge in [0.1, 0.15) is 4.90 Å². The number of carbonyl (C=O) groups excluding carboxylic acids is 2. The lowest BCUT2D eigenvalue weighted by Gasteiger charge is -2.14. The average Bonchev–Trinajstić information content (AvgIpc) is 2.76. The Kier molecular flexibility index (Phi) is 7.86. The first-order valence-corrected chi connectivity index (χ1v) is 12.4. The highest BCUT2D eigenvalue weighted by atomic mass is 35.5. The van der Waals surface area contributed by atoms with Gasteiger partial charge in [-0.15, -0.1) is 0 Å². The van der Waals surface area contributed by atoms with Crippen LogP contribution in [0.15, 0.2) is 59.5 Å². The molecular weight excluding hydrogens is 499 g/mol. The molecule has 0 atom stereocenters. The second kappa shape index (κ2) is 10.5. The van der Waals surface area contributed by atoms with Crippen LogP contribution >= 0.6 is 23.2 Å². The van der Waals surface area contributed by atoms with E-state index in [1.54, 1.807) is 26.0 Å². The SMILES string of the molecule is CCOC(=O)c1ccc(NC(=O)c2ccc(Cl)c(S(=O)(=O)Nc3cc(C)ccc3C)c2)cc1Cl. The third-order valence-electron chi connectivity index (χ3n) is 4.84. The molecule has 0 fully saturated rings. The van der Waals surface area contributed by atoms with Crippen LogP contribution in [0.5, 0.6) is 0 Å². The second-order valence-electron chi connectivity index (χ2n) is 7.44. The third kappa shape index (κ3) is 5.88. The number of halogens is 2. The fraction of sp³-hybridized carbons (Fsp3) is 0.167. The van der Waals surface area contributed by atoms with E-state index >= 15 is 0 Å². The summed E-state index contributed by atoms with van der Waals surface area (Å²) in [6.07, 6.45) is 0. The van der Waals surface area contributed by atoms with Crippen LogP contribution in [0, 0.1) is 13.8 Å². The Morgan fingerprint density at radius 3 is 2.35 bits per heavy atom. The van der Waals surface area contributed by atoms with Crippen LogP contribution in [0.4, 0.5) is 11.4 Å². The van der Waals surface area contributed by atoms with Crippen molar-refractivity contribution in [2.45, 2.75) is 25.7 Å². The smallest absolute Gasteiger partial charge is 0.339 e. The summed E-state index contributed by atoms with van der Waals surface area (Å²) in [5.41, 5.74) is 2.59. The van der Waals surface area contributed by atoms with Crippen molar-refractivity contribution in [2.75, 3.05) is 16.6 Å². The van der Waals surface area contributed by atoms with Crippen LogP contribution in [-0.2, 0) is 14.8 Å². The van der Waals surface area contributed by atoms with E-state index in [0.717, 1.165) is 11.1 Å². The zero-order valence-electron chi connectivity index (χ0n) is 18.6. The minimum absolute atomic E-state index is 0.0313. The fourth-order valence-corrected chi connectivity index (χ4v) is 4.97. The molecule has 7 nitrogen and oxygen atoms in total. The number of amides is 1. The Bertz CT molecular complexity index is 1370. The lowest BCUT2D eigenvalue weighted by molar-refractivity contribution is 0.0526. The molecule has 0 aliphatic heterocycles. The van der Waals surface area contributed by atoms with Gasteiger partial charge >= 0.3 is 5.97 Å². The number of esters is 1. The molecule has 2 N–H and O–H groups in total. The van der Waals surface area contributed by atoms with E-state index in [4.69, 9.17) is 27.9 Å². The molecule has 178 valence electrons. The van der Waals surface area contributed by atoms with Gasteiger partial charge < -0.3 is 10.1 Å². The van der Waals surface area contributed by atoms with E-state index in [1.165, 1.54) is 36.4 Å². The van der Waals surface area contributed by atoms with Crippen LogP contribution in [-0.4, -0.2) is 26.9 Å². The summed E-state index contributed by atoms with van der Waals surface area (Å²) in [4.78, 5) is 24.4. The molecule has 0 unspecified atom stereocenters. The summed E-state index contributed by atoms with van der Waals surface area (Å²) in [5.74, 6) is -1.16. The zero-order valence-corrected chi connectivity index (χ0v) is 20.9. The fourth-order valence-electron chi connectivity index (χ4n) is 3.07. The molecular formula is C24H22Cl2N2O5S. The van der Waals surface area contributed by atoms with Gasteiger partial charge in [0.05, 0.1) is 27.9 Å². The molecule has 0 heterocycles. The van der Waals surface area contributed by atoms with E-state index < -0.39 is 21.9 Å². The van der Waals surface area contributed by atoms with Gasteiger partial charge in [-0.1, -0.05) is 35.3 Å². The lowest BCUT2D eigenvalue weighted by Crippen LogP contribution is -2.17. The molecule has 3 aromatic carbocycles. The molecule has 0 radical (unpaired) electrons. The monoisotopic (exact) mass is 520 g/mol. The first-order chi connectivity index (χ1) is 16.0. The van der Waals surface area contributed by atoms with Crippen molar-refractivity contribution in [1.29, 1.82) is 0 Å². The highest BCUT2D eigenvalue weighted by molar-refractivity contribution is 7.92. The summed E-state index contributed by atoms with van der Waals surface area (Å²) < 4.78 is 33.5. The highest BCUT2D eigenvalue weighted by Gasteiger charge is 2.22. The van der Waals surface area contributed by atoms with E-state index in [1.807, 2.05) is 13.0 Å². The number of benzene rings is 3. The van der Waals surface area contributed by atoms with Gasteiger partial charge in [-0.2, -0.15) is 0 Å². The molecule has 0 saturated heterocycles. The number of carbonyl (C=O) groups is 2. The zero-order chi connectivity index (χ0) is 25.0. The Labute approximate surface area is 208 Å². The molecule has 0 aliphatic carbocycles. The lowest BCUT2D eigenvalue weighted by atomic mass is 10.1. The average molecular weight is 521 g/mol. The Hall–Kier alpha value is -3.07. The number of ether oxygens (including phenoxy) is 1. The van der Waals surface area contributed by atoms with Gasteiger partial charge in [-0.25, -0.2) is 13.2 Å². The van der Waals surface area contributed by atoms with E-state index in [9.17, 15) is 18.0 Å². The molecule has 1 amide bonds. The molecule has 0 aliphatic rings. The van der Waals surface area contributed by atoms with Crippen molar-refractivity contribution in [3.05, 3.63) is 86.9 Å². The number of anilines is 2. The van der Waals surface area contributed by atoms with Crippen molar-refractivity contribution in [3.8, 4) is 0 Å². The van der Waals surface area contributed by atoms with Gasteiger partial charge in [0.2, 0.25) is 0 Å². The molecule has 0 spiro atoms. The van der Waals surface area contributed by atoms with Crippen LogP contribution in [0.1, 0.15) is 38.8 Å². The third-order valence-corrected chi connectivity index (χ3v) is 7.00. The molecule has 10 heteroatoms. The van der Waals surface area contributed by atoms with E-state index in [2.05, 4.69) is 10.0 Å². The van der Waals surface area contributed by atoms with Crippen LogP contribution < -0.4 is 10.0 Å². The van der Waals surface area contributed by atoms with Gasteiger partial charge in [0, 0.05) is 11.3 Å². The first kappa shape index (κ1) is 25.6. The Morgan fingerprint density at radius 1 is 0.941 bits per heavy atom. The van der Waals surface area contributed by atoms with Crippen molar-refractivity contribution in [1.82, 2.24) is 0 Å². The van der Waals surface area contributed by atoms with Crippen molar-refractivity contribution in [3.63, 3.8) is 0 Å². The van der Waals surface area contributed by atoms with E-state index in [0.29, 0.717) is 11.4 Å². The largest absolute Gasteiger partial charge is 0.462 e.